The number of carbonyl (C=O) groups is 1. The van der Waals surface area contributed by atoms with Crippen molar-refractivity contribution in [1.29, 1.82) is 0 Å². The Morgan fingerprint density at radius 2 is 1.88 bits per heavy atom. The van der Waals surface area contributed by atoms with Gasteiger partial charge in [0, 0.05) is 16.3 Å². The van der Waals surface area contributed by atoms with E-state index in [1.807, 2.05) is 0 Å². The van der Waals surface area contributed by atoms with Crippen molar-refractivity contribution in [3.05, 3.63) is 83.1 Å². The Balaban J connectivity index is 1.64. The predicted octanol–water partition coefficient (Wildman–Crippen LogP) is 5.54. The van der Waals surface area contributed by atoms with Gasteiger partial charge in [0.25, 0.3) is 5.91 Å². The lowest BCUT2D eigenvalue weighted by molar-refractivity contribution is 0.102. The van der Waals surface area contributed by atoms with Crippen LogP contribution >= 0.6 is 11.6 Å². The molecule has 0 fully saturated rings. The average molecular weight is 367 g/mol. The van der Waals surface area contributed by atoms with Crippen molar-refractivity contribution in [1.82, 2.24) is 4.98 Å². The van der Waals surface area contributed by atoms with Gasteiger partial charge in [-0.05, 0) is 48.5 Å². The summed E-state index contributed by atoms with van der Waals surface area (Å²) >= 11 is 5.91. The van der Waals surface area contributed by atoms with E-state index in [0.29, 0.717) is 27.4 Å². The lowest BCUT2D eigenvalue weighted by Gasteiger charge is -2.05. The van der Waals surface area contributed by atoms with E-state index in [0.717, 1.165) is 0 Å². The first-order valence-electron chi connectivity index (χ1n) is 7.82. The summed E-state index contributed by atoms with van der Waals surface area (Å²) in [6.07, 6.45) is 0. The van der Waals surface area contributed by atoms with E-state index in [2.05, 4.69) is 10.3 Å². The van der Waals surface area contributed by atoms with Gasteiger partial charge in [0.1, 0.15) is 11.3 Å². The maximum absolute atomic E-state index is 13.9. The van der Waals surface area contributed by atoms with Gasteiger partial charge in [-0.3, -0.25) is 4.79 Å². The highest BCUT2D eigenvalue weighted by Gasteiger charge is 2.13. The minimum absolute atomic E-state index is 0.191. The number of oxazole rings is 1. The summed E-state index contributed by atoms with van der Waals surface area (Å²) in [5, 5.41) is 3.27. The molecule has 0 atom stereocenters. The molecule has 1 amide bonds. The quantitative estimate of drug-likeness (QED) is 0.518. The van der Waals surface area contributed by atoms with Crippen LogP contribution in [0.15, 0.2) is 71.1 Å². The van der Waals surface area contributed by atoms with Crippen LogP contribution in [0.1, 0.15) is 10.4 Å². The largest absolute Gasteiger partial charge is 0.436 e. The molecule has 0 aliphatic carbocycles. The van der Waals surface area contributed by atoms with Crippen LogP contribution in [0.2, 0.25) is 5.02 Å². The fraction of sp³-hybridized carbons (Fsp3) is 0. The second-order valence-electron chi connectivity index (χ2n) is 5.65. The second kappa shape index (κ2) is 6.61. The summed E-state index contributed by atoms with van der Waals surface area (Å²) in [4.78, 5) is 16.6. The number of anilines is 1. The molecule has 26 heavy (non-hydrogen) atoms. The molecule has 1 N–H and O–H groups in total. The summed E-state index contributed by atoms with van der Waals surface area (Å²) < 4.78 is 19.5. The summed E-state index contributed by atoms with van der Waals surface area (Å²) in [6, 6.07) is 18.0. The normalized spacial score (nSPS) is 10.8. The highest BCUT2D eigenvalue weighted by molar-refractivity contribution is 6.31. The molecule has 0 unspecified atom stereocenters. The van der Waals surface area contributed by atoms with Gasteiger partial charge in [-0.2, -0.15) is 0 Å². The van der Waals surface area contributed by atoms with Crippen molar-refractivity contribution < 1.29 is 13.6 Å². The van der Waals surface area contributed by atoms with Crippen molar-refractivity contribution in [3.63, 3.8) is 0 Å². The second-order valence-corrected chi connectivity index (χ2v) is 6.08. The van der Waals surface area contributed by atoms with Crippen molar-refractivity contribution in [2.45, 2.75) is 0 Å². The van der Waals surface area contributed by atoms with E-state index < -0.39 is 5.82 Å². The van der Waals surface area contributed by atoms with Gasteiger partial charge in [-0.25, -0.2) is 9.37 Å². The number of amides is 1. The Labute approximate surface area is 153 Å². The molecule has 0 spiro atoms. The van der Waals surface area contributed by atoms with E-state index in [4.69, 9.17) is 16.0 Å². The van der Waals surface area contributed by atoms with Gasteiger partial charge < -0.3 is 9.73 Å². The third kappa shape index (κ3) is 3.17. The van der Waals surface area contributed by atoms with E-state index in [1.54, 1.807) is 60.7 Å². The maximum atomic E-state index is 13.9. The number of aromatic nitrogens is 1. The molecule has 4 rings (SSSR count). The molecule has 3 aromatic carbocycles. The molecule has 1 heterocycles. The summed E-state index contributed by atoms with van der Waals surface area (Å²) in [5.41, 5.74) is 2.31. The number of rotatable bonds is 3. The molecule has 0 bridgehead atoms. The minimum atomic E-state index is -0.409. The molecule has 0 aliphatic heterocycles. The number of nitrogens with one attached hydrogen (secondary N) is 1. The van der Waals surface area contributed by atoms with Crippen LogP contribution in [0.25, 0.3) is 22.6 Å². The zero-order valence-corrected chi connectivity index (χ0v) is 14.1. The molecular weight excluding hydrogens is 355 g/mol. The molecule has 4 nitrogen and oxygen atoms in total. The zero-order valence-electron chi connectivity index (χ0n) is 13.4. The zero-order chi connectivity index (χ0) is 18.1. The lowest BCUT2D eigenvalue weighted by atomic mass is 10.2. The topological polar surface area (TPSA) is 55.1 Å². The Morgan fingerprint density at radius 1 is 1.04 bits per heavy atom. The third-order valence-electron chi connectivity index (χ3n) is 3.84. The molecule has 0 saturated heterocycles. The summed E-state index contributed by atoms with van der Waals surface area (Å²) in [5.74, 6) is -0.505. The first kappa shape index (κ1) is 16.3. The highest BCUT2D eigenvalue weighted by atomic mass is 35.5. The van der Waals surface area contributed by atoms with Crippen LogP contribution in [0.3, 0.4) is 0 Å². The molecule has 128 valence electrons. The number of nitrogens with zero attached hydrogens (tertiary/aromatic N) is 1. The van der Waals surface area contributed by atoms with Crippen LogP contribution in [0.4, 0.5) is 10.1 Å². The summed E-state index contributed by atoms with van der Waals surface area (Å²) in [6.45, 7) is 0. The van der Waals surface area contributed by atoms with Gasteiger partial charge >= 0.3 is 0 Å². The van der Waals surface area contributed by atoms with Crippen molar-refractivity contribution in [2.24, 2.45) is 0 Å². The van der Waals surface area contributed by atoms with E-state index in [9.17, 15) is 9.18 Å². The van der Waals surface area contributed by atoms with E-state index in [1.165, 1.54) is 6.07 Å². The van der Waals surface area contributed by atoms with Gasteiger partial charge in [0.05, 0.1) is 5.56 Å². The smallest absolute Gasteiger partial charge is 0.255 e. The molecular formula is C20H12ClFN2O2. The van der Waals surface area contributed by atoms with Gasteiger partial charge in [-0.1, -0.05) is 29.8 Å². The standard InChI is InChI=1S/C20H12ClFN2O2/c21-13-5-3-4-12(10-13)19(25)23-14-8-9-18-17(11-14)24-20(26-18)15-6-1-2-7-16(15)22/h1-11H,(H,23,25). The molecule has 0 radical (unpaired) electrons. The number of fused-ring (bicyclic) bond motifs is 1. The average Bonchev–Trinajstić information content (AvgIpc) is 3.05. The molecule has 4 aromatic rings. The number of carbonyl (C=O) groups excluding carboxylic acids is 1. The first-order valence-corrected chi connectivity index (χ1v) is 8.20. The number of benzene rings is 3. The fourth-order valence-electron chi connectivity index (χ4n) is 2.59. The lowest BCUT2D eigenvalue weighted by Crippen LogP contribution is -2.11. The number of hydrogen-bond acceptors (Lipinski definition) is 3. The van der Waals surface area contributed by atoms with Crippen molar-refractivity contribution in [2.75, 3.05) is 5.32 Å². The van der Waals surface area contributed by atoms with Crippen LogP contribution in [0.5, 0.6) is 0 Å². The van der Waals surface area contributed by atoms with E-state index in [-0.39, 0.29) is 17.4 Å². The molecule has 0 aliphatic rings. The van der Waals surface area contributed by atoms with E-state index >= 15 is 0 Å². The molecule has 1 aromatic heterocycles. The van der Waals surface area contributed by atoms with Gasteiger partial charge in [-0.15, -0.1) is 0 Å². The fourth-order valence-corrected chi connectivity index (χ4v) is 2.78. The first-order chi connectivity index (χ1) is 12.6. The summed E-state index contributed by atoms with van der Waals surface area (Å²) in [7, 11) is 0. The third-order valence-corrected chi connectivity index (χ3v) is 4.07. The van der Waals surface area contributed by atoms with Crippen LogP contribution < -0.4 is 5.32 Å². The minimum Gasteiger partial charge on any atom is -0.436 e. The molecule has 6 heteroatoms. The Hall–Kier alpha value is -3.18. The Morgan fingerprint density at radius 3 is 2.69 bits per heavy atom. The number of halogens is 2. The monoisotopic (exact) mass is 366 g/mol. The van der Waals surface area contributed by atoms with Crippen LogP contribution in [-0.4, -0.2) is 10.9 Å². The maximum Gasteiger partial charge on any atom is 0.255 e. The van der Waals surface area contributed by atoms with Crippen LogP contribution in [-0.2, 0) is 0 Å². The predicted molar refractivity (Wildman–Crippen MR) is 98.8 cm³/mol. The molecule has 0 saturated carbocycles. The highest BCUT2D eigenvalue weighted by Crippen LogP contribution is 2.28. The van der Waals surface area contributed by atoms with Gasteiger partial charge in [0.15, 0.2) is 5.58 Å². The Bertz CT molecular complexity index is 1120. The van der Waals surface area contributed by atoms with Crippen molar-refractivity contribution in [3.8, 4) is 11.5 Å². The number of hydrogen-bond donors (Lipinski definition) is 1. The SMILES string of the molecule is O=C(Nc1ccc2oc(-c3ccccc3F)nc2c1)c1cccc(Cl)c1. The Kier molecular flexibility index (Phi) is 4.14. The van der Waals surface area contributed by atoms with Crippen molar-refractivity contribution >= 4 is 34.3 Å². The van der Waals surface area contributed by atoms with Crippen LogP contribution in [0, 0.1) is 5.82 Å². The van der Waals surface area contributed by atoms with Gasteiger partial charge in [0.2, 0.25) is 5.89 Å².